The van der Waals surface area contributed by atoms with Crippen molar-refractivity contribution in [3.05, 3.63) is 34.7 Å². The van der Waals surface area contributed by atoms with Crippen LogP contribution in [0.25, 0.3) is 0 Å². The minimum Gasteiger partial charge on any atom is -0.487 e. The fourth-order valence-electron chi connectivity index (χ4n) is 3.41. The Bertz CT molecular complexity index is 630. The number of hydrogen-bond acceptors (Lipinski definition) is 5. The Balaban J connectivity index is 1.70. The van der Waals surface area contributed by atoms with Gasteiger partial charge in [-0.1, -0.05) is 23.4 Å². The van der Waals surface area contributed by atoms with E-state index in [0.717, 1.165) is 11.3 Å². The number of hydrogen-bond donors (Lipinski definition) is 0. The number of nitrogens with zero attached hydrogens (tertiary/aromatic N) is 2. The third-order valence-corrected chi connectivity index (χ3v) is 4.62. The number of piperidine rings is 1. The van der Waals surface area contributed by atoms with E-state index in [4.69, 9.17) is 9.47 Å². The number of rotatable bonds is 1. The number of amides is 1. The number of carbonyl (C=O) groups is 1. The van der Waals surface area contributed by atoms with Crippen LogP contribution in [-0.4, -0.2) is 35.3 Å². The van der Waals surface area contributed by atoms with E-state index in [1.54, 1.807) is 4.90 Å². The maximum Gasteiger partial charge on any atom is 0.410 e. The summed E-state index contributed by atoms with van der Waals surface area (Å²) in [5.74, 6) is 0.735. The molecular weight excluding hydrogens is 308 g/mol. The molecule has 2 aliphatic rings. The Kier molecular flexibility index (Phi) is 4.24. The van der Waals surface area contributed by atoms with Crippen molar-refractivity contribution in [1.29, 1.82) is 0 Å². The Morgan fingerprint density at radius 3 is 2.58 bits per heavy atom. The molecule has 1 amide bonds. The van der Waals surface area contributed by atoms with Crippen LogP contribution in [0, 0.1) is 4.91 Å². The summed E-state index contributed by atoms with van der Waals surface area (Å²) in [7, 11) is 0. The number of nitroso groups, excluding NO2 is 1. The number of ether oxygens (including phenoxy) is 2. The molecule has 1 atom stereocenters. The molecule has 3 rings (SSSR count). The van der Waals surface area contributed by atoms with Crippen molar-refractivity contribution < 1.29 is 14.3 Å². The SMILES string of the molecule is CC(C)(C)OC(=O)N1CCC2(CC1)CC(N=O)c1ccccc1O2. The van der Waals surface area contributed by atoms with E-state index in [1.807, 2.05) is 45.0 Å². The highest BCUT2D eigenvalue weighted by Crippen LogP contribution is 2.45. The fraction of sp³-hybridized carbons (Fsp3) is 0.611. The molecule has 0 bridgehead atoms. The maximum atomic E-state index is 12.2. The van der Waals surface area contributed by atoms with Crippen LogP contribution >= 0.6 is 0 Å². The van der Waals surface area contributed by atoms with Gasteiger partial charge in [0.25, 0.3) is 0 Å². The quantitative estimate of drug-likeness (QED) is 0.728. The summed E-state index contributed by atoms with van der Waals surface area (Å²) >= 11 is 0. The molecule has 1 spiro atoms. The van der Waals surface area contributed by atoms with Gasteiger partial charge in [0, 0.05) is 37.9 Å². The van der Waals surface area contributed by atoms with Crippen LogP contribution in [0.1, 0.15) is 51.6 Å². The van der Waals surface area contributed by atoms with Crippen molar-refractivity contribution in [1.82, 2.24) is 4.90 Å². The van der Waals surface area contributed by atoms with Crippen LogP contribution in [0.4, 0.5) is 4.79 Å². The van der Waals surface area contributed by atoms with E-state index in [2.05, 4.69) is 5.18 Å². The van der Waals surface area contributed by atoms with Gasteiger partial charge < -0.3 is 14.4 Å². The molecule has 0 aromatic heterocycles. The van der Waals surface area contributed by atoms with Crippen LogP contribution in [0.3, 0.4) is 0 Å². The lowest BCUT2D eigenvalue weighted by Crippen LogP contribution is -2.52. The lowest BCUT2D eigenvalue weighted by molar-refractivity contribution is -0.0320. The number of benzene rings is 1. The van der Waals surface area contributed by atoms with Gasteiger partial charge in [-0.2, -0.15) is 4.91 Å². The molecule has 130 valence electrons. The molecule has 0 saturated carbocycles. The van der Waals surface area contributed by atoms with E-state index in [9.17, 15) is 9.70 Å². The topological polar surface area (TPSA) is 68.2 Å². The molecule has 1 aromatic carbocycles. The number of likely N-dealkylation sites (tertiary alicyclic amines) is 1. The molecule has 2 heterocycles. The second-order valence-electron chi connectivity index (χ2n) is 7.62. The number of carbonyl (C=O) groups excluding carboxylic acids is 1. The highest BCUT2D eigenvalue weighted by Gasteiger charge is 2.45. The first-order valence-corrected chi connectivity index (χ1v) is 8.40. The molecule has 0 aliphatic carbocycles. The fourth-order valence-corrected chi connectivity index (χ4v) is 3.41. The summed E-state index contributed by atoms with van der Waals surface area (Å²) in [6, 6.07) is 7.18. The standard InChI is InChI=1S/C18H24N2O4/c1-17(2,3)24-16(21)20-10-8-18(9-11-20)12-14(19-22)13-6-4-5-7-15(13)23-18/h4-7,14H,8-12H2,1-3H3. The van der Waals surface area contributed by atoms with Crippen molar-refractivity contribution in [3.8, 4) is 5.75 Å². The molecule has 6 nitrogen and oxygen atoms in total. The number of para-hydroxylation sites is 1. The second-order valence-corrected chi connectivity index (χ2v) is 7.62. The molecular formula is C18H24N2O4. The van der Waals surface area contributed by atoms with Crippen molar-refractivity contribution in [2.24, 2.45) is 5.18 Å². The third-order valence-electron chi connectivity index (χ3n) is 4.62. The molecule has 0 radical (unpaired) electrons. The minimum absolute atomic E-state index is 0.293. The third kappa shape index (κ3) is 3.37. The van der Waals surface area contributed by atoms with Gasteiger partial charge in [-0.15, -0.1) is 0 Å². The largest absolute Gasteiger partial charge is 0.487 e. The van der Waals surface area contributed by atoms with E-state index in [0.29, 0.717) is 32.4 Å². The zero-order chi connectivity index (χ0) is 17.4. The van der Waals surface area contributed by atoms with E-state index in [1.165, 1.54) is 0 Å². The molecule has 1 saturated heterocycles. The van der Waals surface area contributed by atoms with Crippen molar-refractivity contribution in [2.45, 2.75) is 57.3 Å². The van der Waals surface area contributed by atoms with Crippen LogP contribution in [0.15, 0.2) is 29.4 Å². The molecule has 1 fully saturated rings. The molecule has 1 unspecified atom stereocenters. The van der Waals surface area contributed by atoms with Crippen molar-refractivity contribution in [3.63, 3.8) is 0 Å². The molecule has 2 aliphatic heterocycles. The minimum atomic E-state index is -0.501. The maximum absolute atomic E-state index is 12.2. The van der Waals surface area contributed by atoms with Gasteiger partial charge in [0.1, 0.15) is 23.0 Å². The zero-order valence-electron chi connectivity index (χ0n) is 14.4. The first kappa shape index (κ1) is 16.7. The van der Waals surface area contributed by atoms with Gasteiger partial charge in [0.2, 0.25) is 0 Å². The smallest absolute Gasteiger partial charge is 0.410 e. The Morgan fingerprint density at radius 1 is 1.29 bits per heavy atom. The van der Waals surface area contributed by atoms with Gasteiger partial charge in [-0.25, -0.2) is 4.79 Å². The van der Waals surface area contributed by atoms with Crippen molar-refractivity contribution >= 4 is 6.09 Å². The average molecular weight is 332 g/mol. The summed E-state index contributed by atoms with van der Waals surface area (Å²) < 4.78 is 11.7. The van der Waals surface area contributed by atoms with Gasteiger partial charge in [0.15, 0.2) is 0 Å². The van der Waals surface area contributed by atoms with Crippen molar-refractivity contribution in [2.75, 3.05) is 13.1 Å². The van der Waals surface area contributed by atoms with E-state index in [-0.39, 0.29) is 12.1 Å². The van der Waals surface area contributed by atoms with Crippen LogP contribution in [0.2, 0.25) is 0 Å². The molecule has 6 heteroatoms. The Morgan fingerprint density at radius 2 is 1.96 bits per heavy atom. The monoisotopic (exact) mass is 332 g/mol. The Hall–Kier alpha value is -2.11. The zero-order valence-corrected chi connectivity index (χ0v) is 14.4. The van der Waals surface area contributed by atoms with Gasteiger partial charge in [-0.05, 0) is 26.8 Å². The summed E-state index contributed by atoms with van der Waals surface area (Å²) in [5, 5.41) is 3.31. The van der Waals surface area contributed by atoms with Gasteiger partial charge in [0.05, 0.1) is 0 Å². The van der Waals surface area contributed by atoms with Crippen LogP contribution in [0.5, 0.6) is 5.75 Å². The van der Waals surface area contributed by atoms with E-state index >= 15 is 0 Å². The highest BCUT2D eigenvalue weighted by atomic mass is 16.6. The molecule has 24 heavy (non-hydrogen) atoms. The Labute approximate surface area is 142 Å². The van der Waals surface area contributed by atoms with Crippen LogP contribution in [-0.2, 0) is 4.74 Å². The predicted molar refractivity (Wildman–Crippen MR) is 90.0 cm³/mol. The van der Waals surface area contributed by atoms with E-state index < -0.39 is 11.2 Å². The lowest BCUT2D eigenvalue weighted by atomic mass is 9.81. The summed E-state index contributed by atoms with van der Waals surface area (Å²) in [5.41, 5.74) is -0.0718. The second kappa shape index (κ2) is 6.07. The van der Waals surface area contributed by atoms with Gasteiger partial charge >= 0.3 is 6.09 Å². The first-order valence-electron chi connectivity index (χ1n) is 8.40. The first-order chi connectivity index (χ1) is 11.3. The van der Waals surface area contributed by atoms with Crippen LogP contribution < -0.4 is 4.74 Å². The summed E-state index contributed by atoms with van der Waals surface area (Å²) in [6.07, 6.45) is 1.62. The summed E-state index contributed by atoms with van der Waals surface area (Å²) in [4.78, 5) is 25.2. The average Bonchev–Trinajstić information content (AvgIpc) is 2.53. The predicted octanol–water partition coefficient (Wildman–Crippen LogP) is 4.05. The number of fused-ring (bicyclic) bond motifs is 1. The summed E-state index contributed by atoms with van der Waals surface area (Å²) in [6.45, 7) is 6.69. The normalized spacial score (nSPS) is 22.5. The highest BCUT2D eigenvalue weighted by molar-refractivity contribution is 5.68. The van der Waals surface area contributed by atoms with Gasteiger partial charge in [-0.3, -0.25) is 0 Å². The molecule has 1 aromatic rings. The molecule has 0 N–H and O–H groups in total. The lowest BCUT2D eigenvalue weighted by Gasteiger charge is -2.45.